The maximum absolute atomic E-state index is 12.5. The van der Waals surface area contributed by atoms with Crippen molar-refractivity contribution in [3.8, 4) is 0 Å². The number of non-ortho nitro benzene ring substituents is 1. The summed E-state index contributed by atoms with van der Waals surface area (Å²) in [6.07, 6.45) is 0. The number of nitro benzene ring substituents is 1. The van der Waals surface area contributed by atoms with Gasteiger partial charge in [0.1, 0.15) is 0 Å². The molecule has 2 aromatic rings. The van der Waals surface area contributed by atoms with Crippen molar-refractivity contribution in [1.82, 2.24) is 9.80 Å². The van der Waals surface area contributed by atoms with Crippen LogP contribution in [-0.2, 0) is 10.0 Å². The van der Waals surface area contributed by atoms with Gasteiger partial charge in [-0.1, -0.05) is 0 Å². The zero-order chi connectivity index (χ0) is 20.3. The molecule has 1 N–H and O–H groups in total. The van der Waals surface area contributed by atoms with Crippen LogP contribution in [0.15, 0.2) is 53.4 Å². The van der Waals surface area contributed by atoms with Crippen LogP contribution >= 0.6 is 0 Å². The first kappa shape index (κ1) is 19.8. The number of hydrogen-bond acceptors (Lipinski definition) is 6. The highest BCUT2D eigenvalue weighted by Gasteiger charge is 2.21. The maximum atomic E-state index is 12.5. The normalized spacial score (nSPS) is 15.2. The Morgan fingerprint density at radius 2 is 1.57 bits per heavy atom. The molecule has 0 unspecified atom stereocenters. The van der Waals surface area contributed by atoms with Crippen LogP contribution in [-0.4, -0.2) is 62.3 Å². The Morgan fingerprint density at radius 3 is 2.11 bits per heavy atom. The monoisotopic (exact) mass is 404 g/mol. The fourth-order valence-electron chi connectivity index (χ4n) is 2.83. The number of carbonyl (C=O) groups excluding carboxylic acids is 1. The Balaban J connectivity index is 1.69. The van der Waals surface area contributed by atoms with E-state index in [1.54, 1.807) is 17.0 Å². The highest BCUT2D eigenvalue weighted by Crippen LogP contribution is 2.20. The Morgan fingerprint density at radius 1 is 1.00 bits per heavy atom. The molecule has 9 nitrogen and oxygen atoms in total. The number of benzene rings is 2. The van der Waals surface area contributed by atoms with Crippen molar-refractivity contribution < 1.29 is 18.1 Å². The molecule has 1 saturated heterocycles. The molecule has 1 amide bonds. The van der Waals surface area contributed by atoms with E-state index in [2.05, 4.69) is 9.62 Å². The molecule has 0 bridgehead atoms. The summed E-state index contributed by atoms with van der Waals surface area (Å²) >= 11 is 0. The topological polar surface area (TPSA) is 113 Å². The Kier molecular flexibility index (Phi) is 5.61. The molecule has 0 radical (unpaired) electrons. The quantitative estimate of drug-likeness (QED) is 0.600. The standard InChI is InChI=1S/C18H20N4O5S/c1-20-10-12-21(13-11-20)18(23)14-2-4-15(5-3-14)19-28(26,27)17-8-6-16(7-9-17)22(24)25/h2-9,19H,10-13H2,1H3. The second kappa shape index (κ2) is 7.95. The Labute approximate surface area is 162 Å². The first-order valence-electron chi connectivity index (χ1n) is 8.61. The second-order valence-corrected chi connectivity index (χ2v) is 8.21. The zero-order valence-electron chi connectivity index (χ0n) is 15.2. The molecular formula is C18H20N4O5S. The molecule has 0 aromatic heterocycles. The van der Waals surface area contributed by atoms with Crippen LogP contribution in [0, 0.1) is 10.1 Å². The molecule has 1 heterocycles. The first-order chi connectivity index (χ1) is 13.3. The van der Waals surface area contributed by atoms with Gasteiger partial charge in [0.15, 0.2) is 0 Å². The summed E-state index contributed by atoms with van der Waals surface area (Å²) in [6.45, 7) is 2.95. The number of anilines is 1. The molecule has 0 aliphatic carbocycles. The fourth-order valence-corrected chi connectivity index (χ4v) is 3.89. The third-order valence-electron chi connectivity index (χ3n) is 4.53. The van der Waals surface area contributed by atoms with Crippen LogP contribution in [0.4, 0.5) is 11.4 Å². The largest absolute Gasteiger partial charge is 0.336 e. The predicted octanol–water partition coefficient (Wildman–Crippen LogP) is 1.78. The number of amides is 1. The molecule has 3 rings (SSSR count). The summed E-state index contributed by atoms with van der Waals surface area (Å²) in [7, 11) is -1.88. The van der Waals surface area contributed by atoms with Crippen molar-refractivity contribution in [1.29, 1.82) is 0 Å². The van der Waals surface area contributed by atoms with Gasteiger partial charge in [-0.25, -0.2) is 8.42 Å². The van der Waals surface area contributed by atoms with Gasteiger partial charge in [-0.05, 0) is 43.4 Å². The average Bonchev–Trinajstić information content (AvgIpc) is 2.68. The summed E-state index contributed by atoms with van der Waals surface area (Å²) in [5, 5.41) is 10.7. The highest BCUT2D eigenvalue weighted by atomic mass is 32.2. The minimum Gasteiger partial charge on any atom is -0.336 e. The van der Waals surface area contributed by atoms with Gasteiger partial charge in [-0.15, -0.1) is 0 Å². The van der Waals surface area contributed by atoms with Gasteiger partial charge in [0.2, 0.25) is 0 Å². The van der Waals surface area contributed by atoms with Crippen LogP contribution in [0.5, 0.6) is 0 Å². The van der Waals surface area contributed by atoms with Crippen LogP contribution < -0.4 is 4.72 Å². The first-order valence-corrected chi connectivity index (χ1v) is 10.1. The molecule has 148 valence electrons. The van der Waals surface area contributed by atoms with Gasteiger partial charge in [0.25, 0.3) is 21.6 Å². The summed E-state index contributed by atoms with van der Waals surface area (Å²) in [6, 6.07) is 10.8. The molecule has 10 heteroatoms. The van der Waals surface area contributed by atoms with E-state index >= 15 is 0 Å². The number of likely N-dealkylation sites (N-methyl/N-ethyl adjacent to an activating group) is 1. The third kappa shape index (κ3) is 4.46. The lowest BCUT2D eigenvalue weighted by atomic mass is 10.1. The number of carbonyl (C=O) groups is 1. The molecule has 0 saturated carbocycles. The van der Waals surface area contributed by atoms with Gasteiger partial charge >= 0.3 is 0 Å². The van der Waals surface area contributed by atoms with Gasteiger partial charge in [0.05, 0.1) is 9.82 Å². The molecular weight excluding hydrogens is 384 g/mol. The van der Waals surface area contributed by atoms with Crippen molar-refractivity contribution in [2.24, 2.45) is 0 Å². The molecule has 1 aliphatic heterocycles. The minimum absolute atomic E-state index is 0.0853. The van der Waals surface area contributed by atoms with Crippen LogP contribution in [0.3, 0.4) is 0 Å². The van der Waals surface area contributed by atoms with Gasteiger partial charge in [-0.3, -0.25) is 19.6 Å². The van der Waals surface area contributed by atoms with Crippen LogP contribution in [0.2, 0.25) is 0 Å². The summed E-state index contributed by atoms with van der Waals surface area (Å²) in [5.41, 5.74) is 0.599. The summed E-state index contributed by atoms with van der Waals surface area (Å²) < 4.78 is 27.2. The van der Waals surface area contributed by atoms with E-state index in [0.29, 0.717) is 24.3 Å². The molecule has 1 fully saturated rings. The molecule has 28 heavy (non-hydrogen) atoms. The highest BCUT2D eigenvalue weighted by molar-refractivity contribution is 7.92. The summed E-state index contributed by atoms with van der Waals surface area (Å²) in [4.78, 5) is 26.4. The van der Waals surface area contributed by atoms with Gasteiger partial charge < -0.3 is 9.80 Å². The third-order valence-corrected chi connectivity index (χ3v) is 5.93. The lowest BCUT2D eigenvalue weighted by Crippen LogP contribution is -2.47. The molecule has 0 atom stereocenters. The second-order valence-electron chi connectivity index (χ2n) is 6.53. The Bertz CT molecular complexity index is 966. The van der Waals surface area contributed by atoms with E-state index in [1.165, 1.54) is 24.3 Å². The van der Waals surface area contributed by atoms with E-state index in [1.807, 2.05) is 7.05 Å². The van der Waals surface area contributed by atoms with Gasteiger partial charge in [-0.2, -0.15) is 0 Å². The van der Waals surface area contributed by atoms with Crippen LogP contribution in [0.1, 0.15) is 10.4 Å². The van der Waals surface area contributed by atoms with E-state index in [4.69, 9.17) is 0 Å². The van der Waals surface area contributed by atoms with Crippen LogP contribution in [0.25, 0.3) is 0 Å². The van der Waals surface area contributed by atoms with E-state index in [-0.39, 0.29) is 16.5 Å². The van der Waals surface area contributed by atoms with E-state index in [9.17, 15) is 23.3 Å². The molecule has 1 aliphatic rings. The average molecular weight is 404 g/mol. The van der Waals surface area contributed by atoms with Crippen molar-refractivity contribution in [3.63, 3.8) is 0 Å². The van der Waals surface area contributed by atoms with E-state index < -0.39 is 14.9 Å². The van der Waals surface area contributed by atoms with E-state index in [0.717, 1.165) is 25.2 Å². The number of nitrogens with zero attached hydrogens (tertiary/aromatic N) is 3. The van der Waals surface area contributed by atoms with Crippen molar-refractivity contribution >= 4 is 27.3 Å². The minimum atomic E-state index is -3.89. The number of rotatable bonds is 5. The number of hydrogen-bond donors (Lipinski definition) is 1. The van der Waals surface area contributed by atoms with Gasteiger partial charge in [0, 0.05) is 49.6 Å². The molecule has 2 aromatic carbocycles. The smallest absolute Gasteiger partial charge is 0.269 e. The maximum Gasteiger partial charge on any atom is 0.269 e. The number of nitro groups is 1. The van der Waals surface area contributed by atoms with Crippen molar-refractivity contribution in [2.75, 3.05) is 37.9 Å². The lowest BCUT2D eigenvalue weighted by Gasteiger charge is -2.32. The number of sulfonamides is 1. The zero-order valence-corrected chi connectivity index (χ0v) is 16.1. The molecule has 0 spiro atoms. The SMILES string of the molecule is CN1CCN(C(=O)c2ccc(NS(=O)(=O)c3ccc([N+](=O)[O-])cc3)cc2)CC1. The lowest BCUT2D eigenvalue weighted by molar-refractivity contribution is -0.384. The predicted molar refractivity (Wildman–Crippen MR) is 104 cm³/mol. The van der Waals surface area contributed by atoms with Crippen molar-refractivity contribution in [3.05, 3.63) is 64.2 Å². The number of nitrogens with one attached hydrogen (secondary N) is 1. The number of piperazine rings is 1. The summed E-state index contributed by atoms with van der Waals surface area (Å²) in [5.74, 6) is -0.0853. The Hall–Kier alpha value is -2.98. The van der Waals surface area contributed by atoms with Crippen molar-refractivity contribution in [2.45, 2.75) is 4.90 Å². The fraction of sp³-hybridized carbons (Fsp3) is 0.278.